The molecule has 0 saturated carbocycles. The summed E-state index contributed by atoms with van der Waals surface area (Å²) in [4.78, 5) is 11.4. The quantitative estimate of drug-likeness (QED) is 0.707. The third-order valence-corrected chi connectivity index (χ3v) is 2.76. The number of nitrogens with one attached hydrogen (secondary N) is 2. The first-order chi connectivity index (χ1) is 7.22. The molecule has 1 aliphatic heterocycles. The van der Waals surface area contributed by atoms with Crippen LogP contribution in [0.5, 0.6) is 0 Å². The zero-order valence-corrected chi connectivity index (χ0v) is 9.71. The van der Waals surface area contributed by atoms with Crippen LogP contribution in [-0.2, 0) is 9.53 Å². The van der Waals surface area contributed by atoms with Crippen molar-refractivity contribution in [2.75, 3.05) is 19.7 Å². The standard InChI is InChI=1S/C11H22N2O2/c1-3-9(2)13-11(14)8-15-10-4-6-12-7-5-10/h9-10,12H,3-8H2,1-2H3,(H,13,14). The summed E-state index contributed by atoms with van der Waals surface area (Å²) in [5.41, 5.74) is 0. The predicted molar refractivity (Wildman–Crippen MR) is 59.7 cm³/mol. The second-order valence-electron chi connectivity index (χ2n) is 4.14. The van der Waals surface area contributed by atoms with Crippen LogP contribution in [0, 0.1) is 0 Å². The topological polar surface area (TPSA) is 50.4 Å². The normalized spacial score (nSPS) is 19.9. The summed E-state index contributed by atoms with van der Waals surface area (Å²) in [5.74, 6) is 0.00267. The second-order valence-corrected chi connectivity index (χ2v) is 4.14. The van der Waals surface area contributed by atoms with Gasteiger partial charge in [0.15, 0.2) is 0 Å². The van der Waals surface area contributed by atoms with E-state index in [1.54, 1.807) is 0 Å². The van der Waals surface area contributed by atoms with Crippen molar-refractivity contribution in [1.82, 2.24) is 10.6 Å². The lowest BCUT2D eigenvalue weighted by Crippen LogP contribution is -2.38. The zero-order valence-electron chi connectivity index (χ0n) is 9.71. The van der Waals surface area contributed by atoms with Crippen LogP contribution in [0.1, 0.15) is 33.1 Å². The molecule has 4 heteroatoms. The lowest BCUT2D eigenvalue weighted by atomic mass is 10.1. The van der Waals surface area contributed by atoms with Crippen molar-refractivity contribution in [3.8, 4) is 0 Å². The molecular weight excluding hydrogens is 192 g/mol. The van der Waals surface area contributed by atoms with Gasteiger partial charge in [0.1, 0.15) is 6.61 Å². The Balaban J connectivity index is 2.10. The Bertz CT molecular complexity index is 191. The number of hydrogen-bond acceptors (Lipinski definition) is 3. The molecule has 0 aromatic carbocycles. The number of piperidine rings is 1. The van der Waals surface area contributed by atoms with Crippen molar-refractivity contribution in [3.63, 3.8) is 0 Å². The molecular formula is C11H22N2O2. The Morgan fingerprint density at radius 3 is 2.80 bits per heavy atom. The largest absolute Gasteiger partial charge is 0.368 e. The fraction of sp³-hybridized carbons (Fsp3) is 0.909. The van der Waals surface area contributed by atoms with Gasteiger partial charge in [0.2, 0.25) is 5.91 Å². The van der Waals surface area contributed by atoms with Gasteiger partial charge in [0.25, 0.3) is 0 Å². The smallest absolute Gasteiger partial charge is 0.246 e. The van der Waals surface area contributed by atoms with Crippen molar-refractivity contribution < 1.29 is 9.53 Å². The van der Waals surface area contributed by atoms with Gasteiger partial charge in [-0.25, -0.2) is 0 Å². The van der Waals surface area contributed by atoms with E-state index >= 15 is 0 Å². The molecule has 1 heterocycles. The third-order valence-electron chi connectivity index (χ3n) is 2.76. The molecule has 0 aromatic rings. The minimum atomic E-state index is 0.00267. The fourth-order valence-electron chi connectivity index (χ4n) is 1.57. The van der Waals surface area contributed by atoms with E-state index in [0.717, 1.165) is 32.4 Å². The second kappa shape index (κ2) is 6.80. The third kappa shape index (κ3) is 5.14. The maximum atomic E-state index is 11.4. The van der Waals surface area contributed by atoms with Crippen LogP contribution in [0.25, 0.3) is 0 Å². The zero-order chi connectivity index (χ0) is 11.1. The van der Waals surface area contributed by atoms with Gasteiger partial charge in [-0.05, 0) is 39.3 Å². The number of amides is 1. The van der Waals surface area contributed by atoms with Crippen LogP contribution in [0.3, 0.4) is 0 Å². The maximum Gasteiger partial charge on any atom is 0.246 e. The molecule has 1 unspecified atom stereocenters. The van der Waals surface area contributed by atoms with E-state index in [-0.39, 0.29) is 24.7 Å². The first-order valence-corrected chi connectivity index (χ1v) is 5.84. The summed E-state index contributed by atoms with van der Waals surface area (Å²) in [7, 11) is 0. The highest BCUT2D eigenvalue weighted by molar-refractivity contribution is 5.77. The number of carbonyl (C=O) groups excluding carboxylic acids is 1. The van der Waals surface area contributed by atoms with E-state index in [0.29, 0.717) is 0 Å². The summed E-state index contributed by atoms with van der Waals surface area (Å²) >= 11 is 0. The van der Waals surface area contributed by atoms with Crippen LogP contribution in [-0.4, -0.2) is 37.7 Å². The summed E-state index contributed by atoms with van der Waals surface area (Å²) in [6.45, 7) is 6.26. The molecule has 15 heavy (non-hydrogen) atoms. The average Bonchev–Trinajstić information content (AvgIpc) is 2.27. The molecule has 0 radical (unpaired) electrons. The lowest BCUT2D eigenvalue weighted by molar-refractivity contribution is -0.128. The molecule has 1 rings (SSSR count). The molecule has 0 aromatic heterocycles. The van der Waals surface area contributed by atoms with Crippen LogP contribution in [0.4, 0.5) is 0 Å². The van der Waals surface area contributed by atoms with Gasteiger partial charge < -0.3 is 15.4 Å². The highest BCUT2D eigenvalue weighted by Crippen LogP contribution is 2.06. The average molecular weight is 214 g/mol. The van der Waals surface area contributed by atoms with Crippen molar-refractivity contribution in [2.24, 2.45) is 0 Å². The summed E-state index contributed by atoms with van der Waals surface area (Å²) in [5, 5.41) is 6.15. The van der Waals surface area contributed by atoms with Crippen LogP contribution in [0.15, 0.2) is 0 Å². The van der Waals surface area contributed by atoms with Crippen LogP contribution < -0.4 is 10.6 Å². The van der Waals surface area contributed by atoms with Gasteiger partial charge in [0.05, 0.1) is 6.10 Å². The SMILES string of the molecule is CCC(C)NC(=O)COC1CCNCC1. The molecule has 0 bridgehead atoms. The maximum absolute atomic E-state index is 11.4. The first kappa shape index (κ1) is 12.5. The van der Waals surface area contributed by atoms with Crippen molar-refractivity contribution in [3.05, 3.63) is 0 Å². The Kier molecular flexibility index (Phi) is 5.65. The van der Waals surface area contributed by atoms with Crippen LogP contribution in [0.2, 0.25) is 0 Å². The molecule has 1 fully saturated rings. The monoisotopic (exact) mass is 214 g/mol. The number of hydrogen-bond donors (Lipinski definition) is 2. The van der Waals surface area contributed by atoms with Crippen molar-refractivity contribution >= 4 is 5.91 Å². The minimum Gasteiger partial charge on any atom is -0.368 e. The molecule has 4 nitrogen and oxygen atoms in total. The van der Waals surface area contributed by atoms with E-state index in [4.69, 9.17) is 4.74 Å². The number of ether oxygens (including phenoxy) is 1. The van der Waals surface area contributed by atoms with Crippen molar-refractivity contribution in [2.45, 2.75) is 45.3 Å². The van der Waals surface area contributed by atoms with E-state index in [1.165, 1.54) is 0 Å². The van der Waals surface area contributed by atoms with Gasteiger partial charge in [-0.3, -0.25) is 4.79 Å². The number of carbonyl (C=O) groups is 1. The predicted octanol–water partition coefficient (Wildman–Crippen LogP) is 0.670. The molecule has 88 valence electrons. The fourth-order valence-corrected chi connectivity index (χ4v) is 1.57. The van der Waals surface area contributed by atoms with Crippen molar-refractivity contribution in [1.29, 1.82) is 0 Å². The molecule has 0 spiro atoms. The Morgan fingerprint density at radius 1 is 1.53 bits per heavy atom. The van der Waals surface area contributed by atoms with E-state index in [1.807, 2.05) is 6.92 Å². The Hall–Kier alpha value is -0.610. The van der Waals surface area contributed by atoms with Gasteiger partial charge in [-0.2, -0.15) is 0 Å². The summed E-state index contributed by atoms with van der Waals surface area (Å²) in [6, 6.07) is 0.245. The molecule has 1 saturated heterocycles. The minimum absolute atomic E-state index is 0.00267. The molecule has 1 atom stereocenters. The number of rotatable bonds is 5. The highest BCUT2D eigenvalue weighted by atomic mass is 16.5. The Morgan fingerprint density at radius 2 is 2.20 bits per heavy atom. The van der Waals surface area contributed by atoms with Crippen LogP contribution >= 0.6 is 0 Å². The lowest BCUT2D eigenvalue weighted by Gasteiger charge is -2.23. The molecule has 0 aliphatic carbocycles. The van der Waals surface area contributed by atoms with Gasteiger partial charge in [-0.15, -0.1) is 0 Å². The molecule has 1 aliphatic rings. The highest BCUT2D eigenvalue weighted by Gasteiger charge is 2.15. The van der Waals surface area contributed by atoms with Gasteiger partial charge >= 0.3 is 0 Å². The van der Waals surface area contributed by atoms with E-state index in [9.17, 15) is 4.79 Å². The van der Waals surface area contributed by atoms with Gasteiger partial charge in [-0.1, -0.05) is 6.92 Å². The molecule has 2 N–H and O–H groups in total. The van der Waals surface area contributed by atoms with E-state index in [2.05, 4.69) is 17.6 Å². The van der Waals surface area contributed by atoms with Gasteiger partial charge in [0, 0.05) is 6.04 Å². The first-order valence-electron chi connectivity index (χ1n) is 5.84. The summed E-state index contributed by atoms with van der Waals surface area (Å²) in [6.07, 6.45) is 3.24. The summed E-state index contributed by atoms with van der Waals surface area (Å²) < 4.78 is 5.54. The Labute approximate surface area is 91.8 Å². The van der Waals surface area contributed by atoms with E-state index < -0.39 is 0 Å². The molecule has 1 amide bonds.